The van der Waals surface area contributed by atoms with Crippen LogP contribution in [0.3, 0.4) is 0 Å². The van der Waals surface area contributed by atoms with E-state index in [1.807, 2.05) is 6.07 Å². The fourth-order valence-corrected chi connectivity index (χ4v) is 9.47. The first-order valence-corrected chi connectivity index (χ1v) is 23.7. The molecule has 2 saturated carbocycles. The maximum atomic E-state index is 9.98. The smallest absolute Gasteiger partial charge is 0.501 e. The third-order valence-electron chi connectivity index (χ3n) is 13.0. The van der Waals surface area contributed by atoms with E-state index in [1.165, 1.54) is 38.4 Å². The molecule has 5 nitrogen and oxygen atoms in total. The minimum absolute atomic E-state index is 0. The van der Waals surface area contributed by atoms with E-state index in [2.05, 4.69) is 33.2 Å². The summed E-state index contributed by atoms with van der Waals surface area (Å²) in [5, 5.41) is 10.5. The summed E-state index contributed by atoms with van der Waals surface area (Å²) in [6.07, 6.45) is -12.3. The largest absolute Gasteiger partial charge is 3.00 e. The van der Waals surface area contributed by atoms with Crippen molar-refractivity contribution in [3.05, 3.63) is 208 Å². The van der Waals surface area contributed by atoms with E-state index in [0.717, 1.165) is 24.4 Å². The van der Waals surface area contributed by atoms with Gasteiger partial charge in [-0.25, -0.2) is 0 Å². The molecular formula is C65H59IrN4O. The number of nitriles is 1. The first-order chi connectivity index (χ1) is 40.8. The zero-order valence-electron chi connectivity index (χ0n) is 56.2. The molecule has 0 aliphatic heterocycles. The van der Waals surface area contributed by atoms with Gasteiger partial charge in [-0.15, -0.1) is 90.0 Å². The second-order valence-electron chi connectivity index (χ2n) is 17.9. The number of aromatic nitrogens is 3. The van der Waals surface area contributed by atoms with Gasteiger partial charge in [0.05, 0.1) is 20.0 Å². The van der Waals surface area contributed by atoms with Gasteiger partial charge < -0.3 is 19.4 Å². The van der Waals surface area contributed by atoms with Crippen LogP contribution in [-0.4, -0.2) is 15.0 Å². The van der Waals surface area contributed by atoms with Crippen LogP contribution in [0.4, 0.5) is 0 Å². The summed E-state index contributed by atoms with van der Waals surface area (Å²) >= 11 is 0. The maximum Gasteiger partial charge on any atom is 3.00 e. The summed E-state index contributed by atoms with van der Waals surface area (Å²) in [7, 11) is 0. The van der Waals surface area contributed by atoms with Crippen molar-refractivity contribution in [2.24, 2.45) is 0 Å². The Morgan fingerprint density at radius 3 is 1.72 bits per heavy atom. The SMILES string of the molecule is [2H]c1cc2c(oc3c(-c4cc(C([2H])(C)C)c(C([2H])([2H])C([2H])([2H])c5cc(C([2H])([2H])C([2H])([2H])c6cnc(-c7[c-]cccc7)cc6C6([2H])CCCC6)cc(C([2H])([2H])C([2H])([2H])c6cnc(-c7[c-]cccc7)cc6C6([2H])CCCC6)c5)cn4)[c-]ccc32)c([2H])c1C#N.[Ir+3]. The summed E-state index contributed by atoms with van der Waals surface area (Å²) in [5.74, 6) is -4.50. The summed E-state index contributed by atoms with van der Waals surface area (Å²) in [6, 6.07) is 36.5. The molecule has 0 amide bonds. The molecule has 0 saturated heterocycles. The quantitative estimate of drug-likeness (QED) is 0.0956. The molecule has 0 atom stereocenters. The minimum atomic E-state index is -3.38. The number of pyridine rings is 3. The van der Waals surface area contributed by atoms with Crippen LogP contribution in [0.5, 0.6) is 0 Å². The van der Waals surface area contributed by atoms with Gasteiger partial charge in [0.25, 0.3) is 0 Å². The Morgan fingerprint density at radius 1 is 0.662 bits per heavy atom. The van der Waals surface area contributed by atoms with Crippen LogP contribution in [0.25, 0.3) is 55.7 Å². The zero-order valence-corrected chi connectivity index (χ0v) is 41.6. The van der Waals surface area contributed by atoms with Crippen molar-refractivity contribution < 1.29 is 47.8 Å². The van der Waals surface area contributed by atoms with Gasteiger partial charge in [-0.3, -0.25) is 0 Å². The Bertz CT molecular complexity index is 4060. The van der Waals surface area contributed by atoms with Crippen LogP contribution in [0.1, 0.15) is 162 Å². The van der Waals surface area contributed by atoms with Gasteiger partial charge in [0, 0.05) is 44.5 Å². The molecule has 0 unspecified atom stereocenters. The third-order valence-corrected chi connectivity index (χ3v) is 13.0. The Kier molecular flexibility index (Phi) is 9.78. The maximum absolute atomic E-state index is 9.98. The number of hydrogen-bond donors (Lipinski definition) is 0. The molecule has 4 aromatic heterocycles. The summed E-state index contributed by atoms with van der Waals surface area (Å²) in [4.78, 5) is 13.8. The number of nitrogens with zero attached hydrogens (tertiary/aromatic N) is 4. The fraction of sp³-hybridized carbons (Fsp3) is 0.292. The molecule has 2 fully saturated rings. The van der Waals surface area contributed by atoms with Gasteiger partial charge in [-0.05, 0) is 161 Å². The van der Waals surface area contributed by atoms with Crippen LogP contribution >= 0.6 is 0 Å². The topological polar surface area (TPSA) is 75.6 Å². The number of benzene rings is 5. The van der Waals surface area contributed by atoms with E-state index in [9.17, 15) is 25.8 Å². The molecule has 0 radical (unpaired) electrons. The predicted molar refractivity (Wildman–Crippen MR) is 283 cm³/mol. The van der Waals surface area contributed by atoms with Gasteiger partial charge in [0.1, 0.15) is 5.58 Å². The van der Waals surface area contributed by atoms with E-state index in [1.54, 1.807) is 72.8 Å². The van der Waals surface area contributed by atoms with Crippen LogP contribution in [0.15, 0.2) is 138 Å². The fourth-order valence-electron chi connectivity index (χ4n) is 9.47. The molecule has 0 N–H and O–H groups in total. The molecular weight excluding hydrogens is 1040 g/mol. The Labute approximate surface area is 457 Å². The van der Waals surface area contributed by atoms with Crippen LogP contribution in [-0.2, 0) is 58.3 Å². The molecule has 0 spiro atoms. The van der Waals surface area contributed by atoms with Crippen molar-refractivity contribution in [2.75, 3.05) is 0 Å². The van der Waals surface area contributed by atoms with Crippen LogP contribution in [0, 0.1) is 29.5 Å². The van der Waals surface area contributed by atoms with Gasteiger partial charge in [0.15, 0.2) is 0 Å². The molecule has 9 aromatic rings. The average molecular weight is 1120 g/mol. The second kappa shape index (κ2) is 21.9. The van der Waals surface area contributed by atoms with E-state index >= 15 is 0 Å². The number of aryl methyl sites for hydroxylation is 6. The van der Waals surface area contributed by atoms with Crippen molar-refractivity contribution in [1.29, 1.82) is 5.26 Å². The molecule has 0 bridgehead atoms. The van der Waals surface area contributed by atoms with Crippen LogP contribution in [0.2, 0.25) is 0 Å². The van der Waals surface area contributed by atoms with Crippen molar-refractivity contribution in [3.8, 4) is 39.8 Å². The first kappa shape index (κ1) is 31.7. The van der Waals surface area contributed by atoms with Gasteiger partial charge in [-0.1, -0.05) is 92.9 Å². The standard InChI is InChI=1S/C65H59N4O.Ir/c1-43(2)58-36-63(57-23-13-22-56-55-31-27-47(39-66)35-64(55)70-65(56)57)69-40-52(58)28-24-44-32-45(25-29-53-41-67-61(50-18-5-3-6-19-50)37-59(53)48-14-9-10-15-48)34-46(33-44)26-30-54-42-68-62(51-20-7-4-8-21-51)38-60(54)49-16-11-12-17-49;/h3-8,13,18,20,22,27,31-38,40-43,48-49H,9-12,14-17,24-26,28-30H2,1-2H3;/q-3;+3/i24D2,25D2,26D2,27D,28D2,29D2,30D2,35D,43D,48D,49D;. The predicted octanol–water partition coefficient (Wildman–Crippen LogP) is 15.8. The molecule has 354 valence electrons. The van der Waals surface area contributed by atoms with Gasteiger partial charge in [0.2, 0.25) is 0 Å². The number of hydrogen-bond acceptors (Lipinski definition) is 5. The Morgan fingerprint density at radius 2 is 1.20 bits per heavy atom. The number of furan rings is 1. The monoisotopic (exact) mass is 1120 g/mol. The molecule has 71 heavy (non-hydrogen) atoms. The first-order valence-electron chi connectivity index (χ1n) is 32.2. The third kappa shape index (κ3) is 10.6. The summed E-state index contributed by atoms with van der Waals surface area (Å²) in [6.45, 7) is 2.90. The van der Waals surface area contributed by atoms with Crippen molar-refractivity contribution in [3.63, 3.8) is 0 Å². The Hall–Kier alpha value is -6.51. The van der Waals surface area contributed by atoms with Crippen molar-refractivity contribution in [2.45, 2.75) is 121 Å². The van der Waals surface area contributed by atoms with E-state index in [4.69, 9.17) is 7.16 Å². The number of rotatable bonds is 15. The molecule has 2 aliphatic rings. The van der Waals surface area contributed by atoms with Crippen molar-refractivity contribution >= 4 is 21.9 Å². The Balaban J connectivity index is 0.00000855. The summed E-state index contributed by atoms with van der Waals surface area (Å²) in [5.41, 5.74) is -0.857. The zero-order chi connectivity index (χ0) is 62.7. The van der Waals surface area contributed by atoms with E-state index in [0.29, 0.717) is 84.7 Å². The average Bonchev–Trinajstić information content (AvgIpc) is 0.824. The van der Waals surface area contributed by atoms with Gasteiger partial charge >= 0.3 is 20.1 Å². The molecule has 2 aliphatic carbocycles. The molecule has 5 aromatic carbocycles. The summed E-state index contributed by atoms with van der Waals surface area (Å²) < 4.78 is 171. The normalized spacial score (nSPS) is 19.9. The number of fused-ring (bicyclic) bond motifs is 3. The van der Waals surface area contributed by atoms with Crippen LogP contribution < -0.4 is 0 Å². The molecule has 6 heteroatoms. The second-order valence-corrected chi connectivity index (χ2v) is 17.9. The van der Waals surface area contributed by atoms with E-state index in [-0.39, 0.29) is 88.0 Å². The molecule has 11 rings (SSSR count). The van der Waals surface area contributed by atoms with Crippen molar-refractivity contribution in [1.82, 2.24) is 15.0 Å². The minimum Gasteiger partial charge on any atom is -0.501 e. The van der Waals surface area contributed by atoms with E-state index < -0.39 is 78.2 Å². The van der Waals surface area contributed by atoms with Gasteiger partial charge in [-0.2, -0.15) is 5.26 Å². The molecule has 4 heterocycles.